The molecule has 0 unspecified atom stereocenters. The molecule has 0 aliphatic heterocycles. The molecule has 0 radical (unpaired) electrons. The summed E-state index contributed by atoms with van der Waals surface area (Å²) in [6, 6.07) is 11.6. The molecule has 0 saturated heterocycles. The highest BCUT2D eigenvalue weighted by Crippen LogP contribution is 2.30. The average molecular weight is 285 g/mol. The molecular formula is C15H15N3O3. The maximum atomic E-state index is 11.3. The third-order valence-corrected chi connectivity index (χ3v) is 2.72. The predicted octanol–water partition coefficient (Wildman–Crippen LogP) is 2.12. The van der Waals surface area contributed by atoms with Crippen LogP contribution in [0.2, 0.25) is 0 Å². The Morgan fingerprint density at radius 3 is 2.52 bits per heavy atom. The van der Waals surface area contributed by atoms with E-state index in [0.717, 1.165) is 0 Å². The van der Waals surface area contributed by atoms with Gasteiger partial charge in [-0.3, -0.25) is 9.59 Å². The molecule has 0 atom stereocenters. The maximum Gasteiger partial charge on any atom is 0.250 e. The summed E-state index contributed by atoms with van der Waals surface area (Å²) >= 11 is 0. The first-order valence-corrected chi connectivity index (χ1v) is 6.21. The zero-order valence-electron chi connectivity index (χ0n) is 11.4. The molecule has 2 amide bonds. The van der Waals surface area contributed by atoms with Crippen LogP contribution >= 0.6 is 0 Å². The Hall–Kier alpha value is -3.02. The lowest BCUT2D eigenvalue weighted by molar-refractivity contribution is -0.114. The monoisotopic (exact) mass is 285 g/mol. The number of amides is 2. The molecule has 0 fully saturated rings. The van der Waals surface area contributed by atoms with E-state index in [1.54, 1.807) is 30.3 Å². The molecule has 6 heteroatoms. The zero-order valence-corrected chi connectivity index (χ0v) is 11.4. The first-order valence-electron chi connectivity index (χ1n) is 6.21. The van der Waals surface area contributed by atoms with Crippen LogP contribution in [0.25, 0.3) is 0 Å². The molecule has 0 heterocycles. The van der Waals surface area contributed by atoms with Crippen LogP contribution in [0.5, 0.6) is 11.5 Å². The molecule has 0 aromatic heterocycles. The topological polar surface area (TPSA) is 107 Å². The van der Waals surface area contributed by atoms with Crippen molar-refractivity contribution in [2.45, 2.75) is 6.92 Å². The fraction of sp³-hybridized carbons (Fsp3) is 0.0667. The van der Waals surface area contributed by atoms with Gasteiger partial charge in [-0.15, -0.1) is 0 Å². The quantitative estimate of drug-likeness (QED) is 0.748. The van der Waals surface area contributed by atoms with E-state index in [-0.39, 0.29) is 17.2 Å². The summed E-state index contributed by atoms with van der Waals surface area (Å²) in [6.07, 6.45) is 0. The Kier molecular flexibility index (Phi) is 4.08. The second-order valence-electron chi connectivity index (χ2n) is 4.39. The molecule has 0 aliphatic carbocycles. The van der Waals surface area contributed by atoms with Crippen LogP contribution in [0.15, 0.2) is 42.5 Å². The summed E-state index contributed by atoms with van der Waals surface area (Å²) < 4.78 is 5.68. The van der Waals surface area contributed by atoms with E-state index < -0.39 is 5.91 Å². The number of para-hydroxylation sites is 2. The van der Waals surface area contributed by atoms with Crippen molar-refractivity contribution in [1.82, 2.24) is 0 Å². The van der Waals surface area contributed by atoms with Crippen LogP contribution in [0, 0.1) is 0 Å². The number of carbonyl (C=O) groups is 2. The van der Waals surface area contributed by atoms with Crippen molar-refractivity contribution in [3.8, 4) is 11.5 Å². The Morgan fingerprint density at radius 1 is 1.14 bits per heavy atom. The lowest BCUT2D eigenvalue weighted by atomic mass is 10.1. The van der Waals surface area contributed by atoms with Gasteiger partial charge in [-0.2, -0.15) is 0 Å². The van der Waals surface area contributed by atoms with Crippen molar-refractivity contribution in [3.05, 3.63) is 48.0 Å². The number of rotatable bonds is 4. The molecule has 108 valence electrons. The highest BCUT2D eigenvalue weighted by atomic mass is 16.5. The summed E-state index contributed by atoms with van der Waals surface area (Å²) in [5, 5.41) is 2.66. The SMILES string of the molecule is CC(=O)Nc1ccccc1Oc1ccc(N)c(C(N)=O)c1. The van der Waals surface area contributed by atoms with Crippen molar-refractivity contribution in [2.24, 2.45) is 5.73 Å². The standard InChI is InChI=1S/C15H15N3O3/c1-9(19)18-13-4-2-3-5-14(13)21-10-6-7-12(16)11(8-10)15(17)20/h2-8H,16H2,1H3,(H2,17,20)(H,18,19). The molecule has 2 rings (SSSR count). The Balaban J connectivity index is 2.32. The van der Waals surface area contributed by atoms with Gasteiger partial charge >= 0.3 is 0 Å². The van der Waals surface area contributed by atoms with E-state index in [9.17, 15) is 9.59 Å². The molecule has 0 spiro atoms. The second kappa shape index (κ2) is 5.96. The highest BCUT2D eigenvalue weighted by molar-refractivity contribution is 5.98. The summed E-state index contributed by atoms with van der Waals surface area (Å²) in [5.41, 5.74) is 11.9. The number of hydrogen-bond donors (Lipinski definition) is 3. The van der Waals surface area contributed by atoms with Crippen LogP contribution in [0.4, 0.5) is 11.4 Å². The van der Waals surface area contributed by atoms with Gasteiger partial charge in [0.2, 0.25) is 5.91 Å². The minimum atomic E-state index is -0.631. The summed E-state index contributed by atoms with van der Waals surface area (Å²) in [7, 11) is 0. The Bertz CT molecular complexity index is 698. The molecule has 2 aromatic carbocycles. The van der Waals surface area contributed by atoms with E-state index in [1.807, 2.05) is 0 Å². The fourth-order valence-corrected chi connectivity index (χ4v) is 1.79. The number of primary amides is 1. The van der Waals surface area contributed by atoms with Crippen molar-refractivity contribution in [2.75, 3.05) is 11.1 Å². The molecular weight excluding hydrogens is 270 g/mol. The van der Waals surface area contributed by atoms with Crippen LogP contribution in [-0.4, -0.2) is 11.8 Å². The molecule has 2 aromatic rings. The average Bonchev–Trinajstić information content (AvgIpc) is 2.42. The number of nitrogens with one attached hydrogen (secondary N) is 1. The van der Waals surface area contributed by atoms with E-state index in [2.05, 4.69) is 5.32 Å². The number of hydrogen-bond acceptors (Lipinski definition) is 4. The number of ether oxygens (including phenoxy) is 1. The van der Waals surface area contributed by atoms with Crippen LogP contribution in [0.3, 0.4) is 0 Å². The third kappa shape index (κ3) is 3.50. The highest BCUT2D eigenvalue weighted by Gasteiger charge is 2.10. The molecule has 21 heavy (non-hydrogen) atoms. The van der Waals surface area contributed by atoms with E-state index in [4.69, 9.17) is 16.2 Å². The predicted molar refractivity (Wildman–Crippen MR) is 80.2 cm³/mol. The summed E-state index contributed by atoms with van der Waals surface area (Å²) in [6.45, 7) is 1.41. The van der Waals surface area contributed by atoms with Gasteiger partial charge in [0.15, 0.2) is 5.75 Å². The lowest BCUT2D eigenvalue weighted by Crippen LogP contribution is -2.13. The molecule has 0 bridgehead atoms. The van der Waals surface area contributed by atoms with Gasteiger partial charge in [0.25, 0.3) is 5.91 Å². The van der Waals surface area contributed by atoms with Gasteiger partial charge in [-0.1, -0.05) is 12.1 Å². The van der Waals surface area contributed by atoms with Gasteiger partial charge in [0.1, 0.15) is 5.75 Å². The number of nitrogen functional groups attached to an aromatic ring is 1. The lowest BCUT2D eigenvalue weighted by Gasteiger charge is -2.12. The number of nitrogens with two attached hydrogens (primary N) is 2. The molecule has 5 N–H and O–H groups in total. The van der Waals surface area contributed by atoms with Crippen LogP contribution < -0.4 is 21.5 Å². The maximum absolute atomic E-state index is 11.3. The first-order chi connectivity index (χ1) is 9.97. The first kappa shape index (κ1) is 14.4. The van der Waals surface area contributed by atoms with Crippen molar-refractivity contribution >= 4 is 23.2 Å². The van der Waals surface area contributed by atoms with Crippen LogP contribution in [-0.2, 0) is 4.79 Å². The second-order valence-corrected chi connectivity index (χ2v) is 4.39. The van der Waals surface area contributed by atoms with Gasteiger partial charge in [-0.05, 0) is 30.3 Å². The number of anilines is 2. The smallest absolute Gasteiger partial charge is 0.250 e. The van der Waals surface area contributed by atoms with E-state index in [1.165, 1.54) is 19.1 Å². The fourth-order valence-electron chi connectivity index (χ4n) is 1.79. The molecule has 0 aliphatic rings. The van der Waals surface area contributed by atoms with Gasteiger partial charge in [0, 0.05) is 12.6 Å². The Morgan fingerprint density at radius 2 is 1.86 bits per heavy atom. The largest absolute Gasteiger partial charge is 0.455 e. The van der Waals surface area contributed by atoms with Gasteiger partial charge < -0.3 is 21.5 Å². The Labute approximate surface area is 121 Å². The molecule has 6 nitrogen and oxygen atoms in total. The number of carbonyl (C=O) groups excluding carboxylic acids is 2. The van der Waals surface area contributed by atoms with E-state index in [0.29, 0.717) is 17.2 Å². The van der Waals surface area contributed by atoms with Gasteiger partial charge in [0.05, 0.1) is 11.3 Å². The normalized spacial score (nSPS) is 9.95. The van der Waals surface area contributed by atoms with Gasteiger partial charge in [-0.25, -0.2) is 0 Å². The van der Waals surface area contributed by atoms with Crippen molar-refractivity contribution in [3.63, 3.8) is 0 Å². The summed E-state index contributed by atoms with van der Waals surface area (Å²) in [5.74, 6) is 0.0120. The van der Waals surface area contributed by atoms with Crippen molar-refractivity contribution < 1.29 is 14.3 Å². The van der Waals surface area contributed by atoms with Crippen molar-refractivity contribution in [1.29, 1.82) is 0 Å². The summed E-state index contributed by atoms with van der Waals surface area (Å²) in [4.78, 5) is 22.4. The van der Waals surface area contributed by atoms with E-state index >= 15 is 0 Å². The van der Waals surface area contributed by atoms with Crippen LogP contribution in [0.1, 0.15) is 17.3 Å². The molecule has 0 saturated carbocycles. The minimum Gasteiger partial charge on any atom is -0.455 e. The third-order valence-electron chi connectivity index (χ3n) is 2.72. The minimum absolute atomic E-state index is 0.185. The number of benzene rings is 2. The zero-order chi connectivity index (χ0) is 15.4.